The maximum atomic E-state index is 12.4. The number of thiophene rings is 1. The van der Waals surface area contributed by atoms with Crippen LogP contribution in [0.5, 0.6) is 0 Å². The van der Waals surface area contributed by atoms with Gasteiger partial charge in [0.25, 0.3) is 5.91 Å². The summed E-state index contributed by atoms with van der Waals surface area (Å²) in [6.07, 6.45) is 8.73. The second-order valence-corrected chi connectivity index (χ2v) is 8.96. The Kier molecular flexibility index (Phi) is 8.52. The molecule has 0 aliphatic carbocycles. The lowest BCUT2D eigenvalue weighted by Crippen LogP contribution is -2.33. The highest BCUT2D eigenvalue weighted by atomic mass is 32.1. The molecular formula is C25H33NO3S. The van der Waals surface area contributed by atoms with E-state index in [9.17, 15) is 4.79 Å². The number of aryl methyl sites for hydroxylation is 2. The largest absolute Gasteiger partial charge is 0.496 e. The van der Waals surface area contributed by atoms with Crippen LogP contribution in [0, 0.1) is 0 Å². The van der Waals surface area contributed by atoms with Crippen LogP contribution in [0.2, 0.25) is 0 Å². The highest BCUT2D eigenvalue weighted by molar-refractivity contribution is 7.13. The molecule has 0 radical (unpaired) electrons. The molecular weight excluding hydrogens is 394 g/mol. The van der Waals surface area contributed by atoms with Gasteiger partial charge in [-0.3, -0.25) is 9.69 Å². The van der Waals surface area contributed by atoms with Crippen molar-refractivity contribution in [3.63, 3.8) is 0 Å². The van der Waals surface area contributed by atoms with Gasteiger partial charge in [0.2, 0.25) is 0 Å². The van der Waals surface area contributed by atoms with E-state index in [-0.39, 0.29) is 18.7 Å². The zero-order chi connectivity index (χ0) is 21.3. The number of unbranched alkanes of at least 4 members (excludes halogenated alkanes) is 3. The number of ether oxygens (including phenoxy) is 2. The summed E-state index contributed by atoms with van der Waals surface area (Å²) in [7, 11) is 1.64. The maximum absolute atomic E-state index is 12.4. The van der Waals surface area contributed by atoms with Gasteiger partial charge in [0, 0.05) is 10.6 Å². The monoisotopic (exact) mass is 427 g/mol. The molecule has 0 spiro atoms. The number of nitrogens with zero attached hydrogens (tertiary/aromatic N) is 1. The molecule has 2 heterocycles. The van der Waals surface area contributed by atoms with Crippen molar-refractivity contribution in [1.29, 1.82) is 0 Å². The van der Waals surface area contributed by atoms with Crippen LogP contribution in [-0.4, -0.2) is 25.9 Å². The minimum absolute atomic E-state index is 0.0468. The van der Waals surface area contributed by atoms with Gasteiger partial charge >= 0.3 is 0 Å². The Balaban J connectivity index is 1.52. The standard InChI is InChI=1S/C25H33NO3S/c1-4-5-6-7-9-20-12-14-21(15-13-20)26-24(27)18-29-25(26)11-8-10-22-16-17-23(30-22)19(2)28-3/h12-17,25H,2,4-11,18H2,1,3H3. The van der Waals surface area contributed by atoms with Gasteiger partial charge in [0.1, 0.15) is 18.6 Å². The van der Waals surface area contributed by atoms with Crippen LogP contribution in [0.4, 0.5) is 5.69 Å². The van der Waals surface area contributed by atoms with Gasteiger partial charge in [-0.2, -0.15) is 0 Å². The first kappa shape index (κ1) is 22.6. The third kappa shape index (κ3) is 5.96. The first-order valence-corrected chi connectivity index (χ1v) is 11.8. The first-order chi connectivity index (χ1) is 14.6. The lowest BCUT2D eigenvalue weighted by atomic mass is 10.1. The predicted octanol–water partition coefficient (Wildman–Crippen LogP) is 6.20. The van der Waals surface area contributed by atoms with Gasteiger partial charge < -0.3 is 9.47 Å². The van der Waals surface area contributed by atoms with Gasteiger partial charge in [0.05, 0.1) is 12.0 Å². The molecule has 2 aromatic rings. The summed E-state index contributed by atoms with van der Waals surface area (Å²) in [6, 6.07) is 12.6. The lowest BCUT2D eigenvalue weighted by molar-refractivity contribution is -0.117. The summed E-state index contributed by atoms with van der Waals surface area (Å²) in [6.45, 7) is 6.31. The van der Waals surface area contributed by atoms with E-state index >= 15 is 0 Å². The van der Waals surface area contributed by atoms with Crippen LogP contribution >= 0.6 is 11.3 Å². The average molecular weight is 428 g/mol. The number of carbonyl (C=O) groups excluding carboxylic acids is 1. The predicted molar refractivity (Wildman–Crippen MR) is 125 cm³/mol. The van der Waals surface area contributed by atoms with Crippen molar-refractivity contribution in [3.05, 3.63) is 58.3 Å². The molecule has 3 rings (SSSR count). The van der Waals surface area contributed by atoms with Crippen molar-refractivity contribution in [2.75, 3.05) is 18.6 Å². The summed E-state index contributed by atoms with van der Waals surface area (Å²) in [5.74, 6) is 0.751. The van der Waals surface area contributed by atoms with Gasteiger partial charge in [-0.1, -0.05) is 44.9 Å². The summed E-state index contributed by atoms with van der Waals surface area (Å²) < 4.78 is 11.0. The molecule has 0 bridgehead atoms. The molecule has 0 saturated carbocycles. The van der Waals surface area contributed by atoms with E-state index in [1.54, 1.807) is 18.4 Å². The van der Waals surface area contributed by atoms with Gasteiger partial charge in [0.15, 0.2) is 0 Å². The van der Waals surface area contributed by atoms with Crippen LogP contribution in [0.3, 0.4) is 0 Å². The Bertz CT molecular complexity index is 827. The number of benzene rings is 1. The quantitative estimate of drug-likeness (QED) is 0.299. The fourth-order valence-corrected chi connectivity index (χ4v) is 4.79. The average Bonchev–Trinajstić information content (AvgIpc) is 3.38. The third-order valence-corrected chi connectivity index (χ3v) is 6.73. The number of hydrogen-bond donors (Lipinski definition) is 0. The number of amides is 1. The maximum Gasteiger partial charge on any atom is 0.255 e. The van der Waals surface area contributed by atoms with Gasteiger partial charge in [-0.15, -0.1) is 11.3 Å². The van der Waals surface area contributed by atoms with E-state index in [0.717, 1.165) is 36.2 Å². The number of hydrogen-bond acceptors (Lipinski definition) is 4. The molecule has 162 valence electrons. The fraction of sp³-hybridized carbons (Fsp3) is 0.480. The highest BCUT2D eigenvalue weighted by Gasteiger charge is 2.32. The zero-order valence-corrected chi connectivity index (χ0v) is 19.0. The number of anilines is 1. The summed E-state index contributed by atoms with van der Waals surface area (Å²) in [5, 5.41) is 0. The first-order valence-electron chi connectivity index (χ1n) is 11.0. The minimum Gasteiger partial charge on any atom is -0.496 e. The molecule has 1 saturated heterocycles. The molecule has 4 nitrogen and oxygen atoms in total. The molecule has 1 aromatic carbocycles. The van der Waals surface area contributed by atoms with Crippen molar-refractivity contribution in [2.45, 2.75) is 64.5 Å². The number of rotatable bonds is 12. The fourth-order valence-electron chi connectivity index (χ4n) is 3.79. The second-order valence-electron chi connectivity index (χ2n) is 7.79. The molecule has 30 heavy (non-hydrogen) atoms. The van der Waals surface area contributed by atoms with Crippen molar-refractivity contribution < 1.29 is 14.3 Å². The SMILES string of the molecule is C=C(OC)c1ccc(CCCC2OCC(=O)N2c2ccc(CCCCCC)cc2)s1. The molecule has 1 fully saturated rings. The highest BCUT2D eigenvalue weighted by Crippen LogP contribution is 2.28. The molecule has 1 aromatic heterocycles. The smallest absolute Gasteiger partial charge is 0.255 e. The second kappa shape index (κ2) is 11.3. The summed E-state index contributed by atoms with van der Waals surface area (Å²) in [4.78, 5) is 16.6. The third-order valence-electron chi connectivity index (χ3n) is 5.55. The Hall–Kier alpha value is -2.11. The number of carbonyl (C=O) groups is 1. The molecule has 5 heteroatoms. The van der Waals surface area contributed by atoms with Crippen LogP contribution < -0.4 is 4.90 Å². The Morgan fingerprint density at radius 2 is 1.93 bits per heavy atom. The molecule has 1 aliphatic rings. The Morgan fingerprint density at radius 3 is 2.67 bits per heavy atom. The molecule has 0 N–H and O–H groups in total. The summed E-state index contributed by atoms with van der Waals surface area (Å²) >= 11 is 1.71. The number of methoxy groups -OCH3 is 1. The minimum atomic E-state index is -0.179. The van der Waals surface area contributed by atoms with E-state index in [1.165, 1.54) is 36.1 Å². The molecule has 1 unspecified atom stereocenters. The normalized spacial score (nSPS) is 16.3. The molecule has 1 amide bonds. The van der Waals surface area contributed by atoms with Crippen LogP contribution in [0.1, 0.15) is 60.8 Å². The van der Waals surface area contributed by atoms with Crippen LogP contribution in [-0.2, 0) is 27.1 Å². The van der Waals surface area contributed by atoms with Gasteiger partial charge in [-0.05, 0) is 61.9 Å². The summed E-state index contributed by atoms with van der Waals surface area (Å²) in [5.41, 5.74) is 2.28. The van der Waals surface area contributed by atoms with E-state index < -0.39 is 0 Å². The van der Waals surface area contributed by atoms with E-state index in [1.807, 2.05) is 4.90 Å². The topological polar surface area (TPSA) is 38.8 Å². The van der Waals surface area contributed by atoms with Crippen molar-refractivity contribution in [2.24, 2.45) is 0 Å². The van der Waals surface area contributed by atoms with Crippen LogP contribution in [0.15, 0.2) is 43.0 Å². The zero-order valence-electron chi connectivity index (χ0n) is 18.2. The van der Waals surface area contributed by atoms with Crippen LogP contribution in [0.25, 0.3) is 5.76 Å². The molecule has 1 aliphatic heterocycles. The van der Waals surface area contributed by atoms with E-state index in [4.69, 9.17) is 9.47 Å². The Morgan fingerprint density at radius 1 is 1.13 bits per heavy atom. The molecule has 1 atom stereocenters. The van der Waals surface area contributed by atoms with E-state index in [0.29, 0.717) is 5.76 Å². The van der Waals surface area contributed by atoms with Crippen molar-refractivity contribution >= 4 is 28.7 Å². The van der Waals surface area contributed by atoms with Crippen molar-refractivity contribution in [1.82, 2.24) is 0 Å². The van der Waals surface area contributed by atoms with Crippen molar-refractivity contribution in [3.8, 4) is 0 Å². The lowest BCUT2D eigenvalue weighted by Gasteiger charge is -2.23. The Labute approximate surface area is 184 Å². The van der Waals surface area contributed by atoms with E-state index in [2.05, 4.69) is 49.9 Å². The van der Waals surface area contributed by atoms with Gasteiger partial charge in [-0.25, -0.2) is 0 Å².